The molecule has 0 aliphatic carbocycles. The average Bonchev–Trinajstić information content (AvgIpc) is 2.99. The molecule has 1 fully saturated rings. The average molecular weight is 336 g/mol. The van der Waals surface area contributed by atoms with E-state index in [0.29, 0.717) is 19.4 Å². The van der Waals surface area contributed by atoms with Crippen molar-refractivity contribution in [1.82, 2.24) is 10.2 Å². The molecule has 1 amide bonds. The lowest BCUT2D eigenvalue weighted by atomic mass is 10.2. The van der Waals surface area contributed by atoms with E-state index in [2.05, 4.69) is 5.32 Å². The Morgan fingerprint density at radius 2 is 1.88 bits per heavy atom. The molecule has 1 atom stereocenters. The Hall–Kier alpha value is -2.61. The Morgan fingerprint density at radius 3 is 2.50 bits per heavy atom. The van der Waals surface area contributed by atoms with Crippen LogP contribution in [0.2, 0.25) is 0 Å². The van der Waals surface area contributed by atoms with E-state index in [0.717, 1.165) is 5.56 Å². The van der Waals surface area contributed by atoms with Crippen molar-refractivity contribution in [3.63, 3.8) is 0 Å². The summed E-state index contributed by atoms with van der Waals surface area (Å²) in [5, 5.41) is 20.7. The highest BCUT2D eigenvalue weighted by Gasteiger charge is 2.39. The van der Waals surface area contributed by atoms with Crippen molar-refractivity contribution in [3.8, 4) is 0 Å². The summed E-state index contributed by atoms with van der Waals surface area (Å²) in [5.74, 6) is -2.80. The highest BCUT2D eigenvalue weighted by Crippen LogP contribution is 2.20. The van der Waals surface area contributed by atoms with Gasteiger partial charge in [-0.1, -0.05) is 30.3 Å². The van der Waals surface area contributed by atoms with Crippen LogP contribution >= 0.6 is 0 Å². The van der Waals surface area contributed by atoms with Crippen molar-refractivity contribution < 1.29 is 29.3 Å². The first-order valence-electron chi connectivity index (χ1n) is 7.65. The minimum absolute atomic E-state index is 0.133. The van der Waals surface area contributed by atoms with Gasteiger partial charge in [-0.2, -0.15) is 0 Å². The van der Waals surface area contributed by atoms with Crippen LogP contribution in [-0.4, -0.2) is 58.3 Å². The number of amides is 1. The van der Waals surface area contributed by atoms with Crippen molar-refractivity contribution in [3.05, 3.63) is 35.9 Å². The van der Waals surface area contributed by atoms with Gasteiger partial charge in [0.15, 0.2) is 0 Å². The molecule has 0 radical (unpaired) electrons. The van der Waals surface area contributed by atoms with Crippen LogP contribution < -0.4 is 5.32 Å². The Morgan fingerprint density at radius 1 is 1.21 bits per heavy atom. The van der Waals surface area contributed by atoms with Gasteiger partial charge >= 0.3 is 18.0 Å². The molecule has 3 N–H and O–H groups in total. The zero-order valence-corrected chi connectivity index (χ0v) is 13.1. The molecule has 0 saturated carbocycles. The molecule has 1 aliphatic rings. The molecule has 0 spiro atoms. The molecule has 1 aliphatic heterocycles. The van der Waals surface area contributed by atoms with Crippen LogP contribution in [0.4, 0.5) is 4.79 Å². The lowest BCUT2D eigenvalue weighted by molar-refractivity contribution is -0.157. The van der Waals surface area contributed by atoms with E-state index in [1.165, 1.54) is 4.90 Å². The standard InChI is InChI=1S/C16H20N2O6/c19-14(20)13(15(21)22)18-8-4-7-12(18)9-17-16(23)24-10-11-5-2-1-3-6-11/h1-3,5-6,12-13H,4,7-10H2,(H,17,23)(H,19,20)(H,21,22)/t12-/m0/s1. The fourth-order valence-electron chi connectivity index (χ4n) is 2.78. The molecule has 0 unspecified atom stereocenters. The first-order valence-corrected chi connectivity index (χ1v) is 7.65. The molecular weight excluding hydrogens is 316 g/mol. The maximum atomic E-state index is 11.7. The number of ether oxygens (including phenoxy) is 1. The normalized spacial score (nSPS) is 17.6. The third-order valence-corrected chi connectivity index (χ3v) is 3.92. The molecule has 8 heteroatoms. The van der Waals surface area contributed by atoms with Crippen LogP contribution in [0.25, 0.3) is 0 Å². The van der Waals surface area contributed by atoms with E-state index >= 15 is 0 Å². The minimum atomic E-state index is -1.60. The van der Waals surface area contributed by atoms with E-state index in [-0.39, 0.29) is 19.2 Å². The fraction of sp³-hybridized carbons (Fsp3) is 0.438. The number of carbonyl (C=O) groups excluding carboxylic acids is 1. The number of aliphatic carboxylic acids is 2. The lowest BCUT2D eigenvalue weighted by Gasteiger charge is -2.27. The topological polar surface area (TPSA) is 116 Å². The summed E-state index contributed by atoms with van der Waals surface area (Å²) in [4.78, 5) is 35.4. The Bertz CT molecular complexity index is 577. The summed E-state index contributed by atoms with van der Waals surface area (Å²) in [7, 11) is 0. The van der Waals surface area contributed by atoms with E-state index in [1.54, 1.807) is 0 Å². The highest BCUT2D eigenvalue weighted by atomic mass is 16.5. The molecule has 1 heterocycles. The SMILES string of the molecule is O=C(NC[C@@H]1CCCN1C(C(=O)O)C(=O)O)OCc1ccccc1. The van der Waals surface area contributed by atoms with Gasteiger partial charge in [-0.25, -0.2) is 14.4 Å². The van der Waals surface area contributed by atoms with Crippen LogP contribution in [0.15, 0.2) is 30.3 Å². The van der Waals surface area contributed by atoms with Gasteiger partial charge < -0.3 is 20.3 Å². The Kier molecular flexibility index (Phi) is 6.14. The fourth-order valence-corrected chi connectivity index (χ4v) is 2.78. The molecule has 2 rings (SSSR count). The Balaban J connectivity index is 1.82. The first kappa shape index (κ1) is 17.7. The number of nitrogens with zero attached hydrogens (tertiary/aromatic N) is 1. The van der Waals surface area contributed by atoms with E-state index in [1.807, 2.05) is 30.3 Å². The second-order valence-electron chi connectivity index (χ2n) is 5.56. The third kappa shape index (κ3) is 4.69. The van der Waals surface area contributed by atoms with Crippen molar-refractivity contribution in [2.75, 3.05) is 13.1 Å². The van der Waals surface area contributed by atoms with Gasteiger partial charge in [-0.3, -0.25) is 4.90 Å². The number of alkyl carbamates (subject to hydrolysis) is 1. The molecule has 8 nitrogen and oxygen atoms in total. The number of carboxylic acid groups (broad SMARTS) is 2. The summed E-state index contributed by atoms with van der Waals surface area (Å²) >= 11 is 0. The van der Waals surface area contributed by atoms with Gasteiger partial charge in [0, 0.05) is 12.6 Å². The number of hydrogen-bond donors (Lipinski definition) is 3. The molecule has 1 saturated heterocycles. The van der Waals surface area contributed by atoms with Crippen molar-refractivity contribution >= 4 is 18.0 Å². The number of nitrogens with one attached hydrogen (secondary N) is 1. The molecule has 0 bridgehead atoms. The second kappa shape index (κ2) is 8.30. The van der Waals surface area contributed by atoms with Gasteiger partial charge in [-0.05, 0) is 24.9 Å². The zero-order valence-electron chi connectivity index (χ0n) is 13.1. The van der Waals surface area contributed by atoms with Crippen LogP contribution in [-0.2, 0) is 20.9 Å². The van der Waals surface area contributed by atoms with E-state index in [9.17, 15) is 14.4 Å². The number of benzene rings is 1. The predicted octanol–water partition coefficient (Wildman–Crippen LogP) is 0.915. The van der Waals surface area contributed by atoms with Gasteiger partial charge in [-0.15, -0.1) is 0 Å². The number of carboxylic acids is 2. The highest BCUT2D eigenvalue weighted by molar-refractivity contribution is 5.97. The lowest BCUT2D eigenvalue weighted by Crippen LogP contribution is -2.52. The molecule has 130 valence electrons. The van der Waals surface area contributed by atoms with Crippen molar-refractivity contribution in [2.45, 2.75) is 31.5 Å². The molecule has 24 heavy (non-hydrogen) atoms. The second-order valence-corrected chi connectivity index (χ2v) is 5.56. The maximum absolute atomic E-state index is 11.7. The van der Waals surface area contributed by atoms with Crippen LogP contribution in [0, 0.1) is 0 Å². The van der Waals surface area contributed by atoms with Gasteiger partial charge in [0.25, 0.3) is 0 Å². The predicted molar refractivity (Wildman–Crippen MR) is 83.4 cm³/mol. The van der Waals surface area contributed by atoms with Gasteiger partial charge in [0.05, 0.1) is 0 Å². The number of likely N-dealkylation sites (tertiary alicyclic amines) is 1. The van der Waals surface area contributed by atoms with Crippen molar-refractivity contribution in [1.29, 1.82) is 0 Å². The van der Waals surface area contributed by atoms with E-state index < -0.39 is 24.1 Å². The molecule has 1 aromatic rings. The summed E-state index contributed by atoms with van der Waals surface area (Å²) in [5.41, 5.74) is 0.854. The first-order chi connectivity index (χ1) is 11.5. The number of hydrogen-bond acceptors (Lipinski definition) is 5. The third-order valence-electron chi connectivity index (χ3n) is 3.92. The van der Waals surface area contributed by atoms with E-state index in [4.69, 9.17) is 14.9 Å². The minimum Gasteiger partial charge on any atom is -0.480 e. The maximum Gasteiger partial charge on any atom is 0.407 e. The quantitative estimate of drug-likeness (QED) is 0.634. The number of rotatable bonds is 7. The summed E-state index contributed by atoms with van der Waals surface area (Å²) < 4.78 is 5.08. The molecular formula is C16H20N2O6. The summed E-state index contributed by atoms with van der Waals surface area (Å²) in [6.45, 7) is 0.646. The van der Waals surface area contributed by atoms with Gasteiger partial charge in [0.2, 0.25) is 6.04 Å². The van der Waals surface area contributed by atoms with Crippen LogP contribution in [0.3, 0.4) is 0 Å². The Labute approximate surface area is 139 Å². The van der Waals surface area contributed by atoms with Crippen molar-refractivity contribution in [2.24, 2.45) is 0 Å². The molecule has 0 aromatic heterocycles. The largest absolute Gasteiger partial charge is 0.480 e. The number of carbonyl (C=O) groups is 3. The van der Waals surface area contributed by atoms with Crippen LogP contribution in [0.1, 0.15) is 18.4 Å². The van der Waals surface area contributed by atoms with Gasteiger partial charge in [0.1, 0.15) is 6.61 Å². The summed E-state index contributed by atoms with van der Waals surface area (Å²) in [6, 6.07) is 7.26. The summed E-state index contributed by atoms with van der Waals surface area (Å²) in [6.07, 6.45) is 0.686. The molecule has 1 aromatic carbocycles. The van der Waals surface area contributed by atoms with Crippen LogP contribution in [0.5, 0.6) is 0 Å². The zero-order chi connectivity index (χ0) is 17.5. The smallest absolute Gasteiger partial charge is 0.407 e. The monoisotopic (exact) mass is 336 g/mol.